The summed E-state index contributed by atoms with van der Waals surface area (Å²) in [6, 6.07) is 16.2. The third-order valence-electron chi connectivity index (χ3n) is 3.85. The molecule has 1 aliphatic rings. The summed E-state index contributed by atoms with van der Waals surface area (Å²) in [7, 11) is 0. The molecule has 0 saturated heterocycles. The highest BCUT2D eigenvalue weighted by atomic mass is 16.5. The lowest BCUT2D eigenvalue weighted by molar-refractivity contribution is 0.306. The highest BCUT2D eigenvalue weighted by molar-refractivity contribution is 5.77. The van der Waals surface area contributed by atoms with Crippen molar-refractivity contribution in [2.75, 3.05) is 0 Å². The molecular weight excluding hydrogens is 264 g/mol. The van der Waals surface area contributed by atoms with Crippen molar-refractivity contribution >= 4 is 11.0 Å². The highest BCUT2D eigenvalue weighted by Gasteiger charge is 2.27. The number of nitrogens with zero attached hydrogens (tertiary/aromatic N) is 1. The van der Waals surface area contributed by atoms with Gasteiger partial charge in [0, 0.05) is 12.1 Å². The van der Waals surface area contributed by atoms with E-state index < -0.39 is 0 Å². The SMILES string of the molecule is O=c1[nH]c2ccc(OCc3ccccc3)cc2n1C1CC1. The molecule has 0 bridgehead atoms. The number of imidazole rings is 1. The van der Waals surface area contributed by atoms with Crippen LogP contribution in [0, 0.1) is 0 Å². The van der Waals surface area contributed by atoms with Gasteiger partial charge in [0.25, 0.3) is 0 Å². The quantitative estimate of drug-likeness (QED) is 0.797. The molecule has 0 amide bonds. The molecule has 2 aromatic carbocycles. The minimum atomic E-state index is -0.0206. The molecule has 1 N–H and O–H groups in total. The maximum absolute atomic E-state index is 12.0. The molecule has 1 aliphatic carbocycles. The normalized spacial score (nSPS) is 14.5. The first-order valence-corrected chi connectivity index (χ1v) is 7.22. The first-order chi connectivity index (χ1) is 10.3. The standard InChI is InChI=1S/C17H16N2O2/c20-17-18-15-9-8-14(10-16(15)19(17)13-6-7-13)21-11-12-4-2-1-3-5-12/h1-5,8-10,13H,6-7,11H2,(H,18,20). The minimum absolute atomic E-state index is 0.0206. The number of aromatic amines is 1. The van der Waals surface area contributed by atoms with Crippen LogP contribution in [0.2, 0.25) is 0 Å². The molecule has 4 rings (SSSR count). The van der Waals surface area contributed by atoms with E-state index in [4.69, 9.17) is 4.74 Å². The van der Waals surface area contributed by atoms with Crippen molar-refractivity contribution in [1.82, 2.24) is 9.55 Å². The van der Waals surface area contributed by atoms with Gasteiger partial charge in [-0.25, -0.2) is 4.79 Å². The summed E-state index contributed by atoms with van der Waals surface area (Å²) in [6.45, 7) is 0.532. The molecule has 1 aromatic heterocycles. The van der Waals surface area contributed by atoms with Gasteiger partial charge in [-0.05, 0) is 30.5 Å². The average Bonchev–Trinajstić information content (AvgIpc) is 3.28. The van der Waals surface area contributed by atoms with Crippen molar-refractivity contribution < 1.29 is 4.74 Å². The molecule has 21 heavy (non-hydrogen) atoms. The van der Waals surface area contributed by atoms with E-state index in [-0.39, 0.29) is 5.69 Å². The highest BCUT2D eigenvalue weighted by Crippen LogP contribution is 2.36. The summed E-state index contributed by atoms with van der Waals surface area (Å²) in [5.74, 6) is 0.791. The van der Waals surface area contributed by atoms with Crippen molar-refractivity contribution in [2.45, 2.75) is 25.5 Å². The molecule has 1 saturated carbocycles. The maximum Gasteiger partial charge on any atom is 0.326 e. The van der Waals surface area contributed by atoms with Gasteiger partial charge in [0.2, 0.25) is 0 Å². The Bertz CT molecular complexity index is 829. The lowest BCUT2D eigenvalue weighted by Gasteiger charge is -2.07. The van der Waals surface area contributed by atoms with Gasteiger partial charge >= 0.3 is 5.69 Å². The van der Waals surface area contributed by atoms with Crippen LogP contribution < -0.4 is 10.4 Å². The van der Waals surface area contributed by atoms with Gasteiger partial charge in [-0.1, -0.05) is 30.3 Å². The van der Waals surface area contributed by atoms with Crippen LogP contribution in [0.5, 0.6) is 5.75 Å². The zero-order valence-corrected chi connectivity index (χ0v) is 11.6. The Morgan fingerprint density at radius 3 is 2.71 bits per heavy atom. The summed E-state index contributed by atoms with van der Waals surface area (Å²) >= 11 is 0. The average molecular weight is 280 g/mol. The van der Waals surface area contributed by atoms with Crippen molar-refractivity contribution in [1.29, 1.82) is 0 Å². The molecule has 3 aromatic rings. The second kappa shape index (κ2) is 4.81. The van der Waals surface area contributed by atoms with Crippen LogP contribution in [0.3, 0.4) is 0 Å². The molecule has 4 nitrogen and oxygen atoms in total. The zero-order chi connectivity index (χ0) is 14.2. The second-order valence-electron chi connectivity index (χ2n) is 5.48. The van der Waals surface area contributed by atoms with Crippen molar-refractivity contribution in [2.24, 2.45) is 0 Å². The minimum Gasteiger partial charge on any atom is -0.489 e. The fourth-order valence-corrected chi connectivity index (χ4v) is 2.63. The smallest absolute Gasteiger partial charge is 0.326 e. The predicted molar refractivity (Wildman–Crippen MR) is 81.6 cm³/mol. The summed E-state index contributed by atoms with van der Waals surface area (Å²) in [4.78, 5) is 14.9. The van der Waals surface area contributed by atoms with Gasteiger partial charge in [-0.3, -0.25) is 4.57 Å². The van der Waals surface area contributed by atoms with Gasteiger partial charge in [0.05, 0.1) is 11.0 Å². The van der Waals surface area contributed by atoms with Crippen LogP contribution in [0.25, 0.3) is 11.0 Å². The number of fused-ring (bicyclic) bond motifs is 1. The van der Waals surface area contributed by atoms with E-state index in [1.54, 1.807) is 0 Å². The first-order valence-electron chi connectivity index (χ1n) is 7.22. The van der Waals surface area contributed by atoms with Crippen LogP contribution >= 0.6 is 0 Å². The van der Waals surface area contributed by atoms with Crippen molar-refractivity contribution in [3.8, 4) is 5.75 Å². The number of ether oxygens (including phenoxy) is 1. The van der Waals surface area contributed by atoms with E-state index in [2.05, 4.69) is 4.98 Å². The molecule has 0 atom stereocenters. The van der Waals surface area contributed by atoms with Crippen LogP contribution in [0.4, 0.5) is 0 Å². The van der Waals surface area contributed by atoms with Gasteiger partial charge < -0.3 is 9.72 Å². The molecule has 106 valence electrons. The summed E-state index contributed by atoms with van der Waals surface area (Å²) in [5.41, 5.74) is 2.92. The Hall–Kier alpha value is -2.49. The van der Waals surface area contributed by atoms with Crippen molar-refractivity contribution in [3.63, 3.8) is 0 Å². The number of nitrogens with one attached hydrogen (secondary N) is 1. The topological polar surface area (TPSA) is 47.0 Å². The number of H-pyrrole nitrogens is 1. The fraction of sp³-hybridized carbons (Fsp3) is 0.235. The van der Waals surface area contributed by atoms with E-state index in [0.29, 0.717) is 12.6 Å². The largest absolute Gasteiger partial charge is 0.489 e. The number of aromatic nitrogens is 2. The number of hydrogen-bond acceptors (Lipinski definition) is 2. The number of rotatable bonds is 4. The summed E-state index contributed by atoms with van der Waals surface area (Å²) < 4.78 is 7.69. The Balaban J connectivity index is 1.64. The molecule has 1 fully saturated rings. The van der Waals surface area contributed by atoms with Gasteiger partial charge in [0.1, 0.15) is 12.4 Å². The Morgan fingerprint density at radius 2 is 1.95 bits per heavy atom. The third kappa shape index (κ3) is 2.33. The molecule has 0 radical (unpaired) electrons. The third-order valence-corrected chi connectivity index (χ3v) is 3.85. The Labute approximate surface area is 122 Å². The molecule has 0 spiro atoms. The number of hydrogen-bond donors (Lipinski definition) is 1. The molecule has 0 unspecified atom stereocenters. The second-order valence-corrected chi connectivity index (χ2v) is 5.48. The summed E-state index contributed by atoms with van der Waals surface area (Å²) in [6.07, 6.45) is 2.17. The zero-order valence-electron chi connectivity index (χ0n) is 11.6. The van der Waals surface area contributed by atoms with Gasteiger partial charge in [-0.2, -0.15) is 0 Å². The molecule has 1 heterocycles. The fourth-order valence-electron chi connectivity index (χ4n) is 2.63. The lowest BCUT2D eigenvalue weighted by atomic mass is 10.2. The van der Waals surface area contributed by atoms with Crippen molar-refractivity contribution in [3.05, 3.63) is 64.6 Å². The molecular formula is C17H16N2O2. The molecule has 0 aliphatic heterocycles. The van der Waals surface area contributed by atoms with Crippen LogP contribution in [-0.2, 0) is 6.61 Å². The van der Waals surface area contributed by atoms with Crippen LogP contribution in [0.1, 0.15) is 24.4 Å². The lowest BCUT2D eigenvalue weighted by Crippen LogP contribution is -2.14. The maximum atomic E-state index is 12.0. The number of benzene rings is 2. The van der Waals surface area contributed by atoms with Gasteiger partial charge in [0.15, 0.2) is 0 Å². The van der Waals surface area contributed by atoms with E-state index in [1.165, 1.54) is 0 Å². The Kier molecular flexibility index (Phi) is 2.81. The predicted octanol–water partition coefficient (Wildman–Crippen LogP) is 3.24. The van der Waals surface area contributed by atoms with Gasteiger partial charge in [-0.15, -0.1) is 0 Å². The summed E-state index contributed by atoms with van der Waals surface area (Å²) in [5, 5.41) is 0. The first kappa shape index (κ1) is 12.3. The van der Waals surface area contributed by atoms with E-state index in [0.717, 1.165) is 35.2 Å². The molecule has 4 heteroatoms. The van der Waals surface area contributed by atoms with E-state index in [9.17, 15) is 4.79 Å². The van der Waals surface area contributed by atoms with E-state index in [1.807, 2.05) is 53.1 Å². The van der Waals surface area contributed by atoms with Crippen LogP contribution in [-0.4, -0.2) is 9.55 Å². The van der Waals surface area contributed by atoms with Crippen LogP contribution in [0.15, 0.2) is 53.3 Å². The monoisotopic (exact) mass is 280 g/mol. The Morgan fingerprint density at radius 1 is 1.14 bits per heavy atom. The van der Waals surface area contributed by atoms with E-state index >= 15 is 0 Å².